The predicted octanol–water partition coefficient (Wildman–Crippen LogP) is 1.29. The molecular weight excluding hydrogens is 284 g/mol. The molecule has 118 valence electrons. The normalized spacial score (nSPS) is 19.0. The van der Waals surface area contributed by atoms with Gasteiger partial charge in [0, 0.05) is 31.3 Å². The second-order valence-electron chi connectivity index (χ2n) is 5.08. The van der Waals surface area contributed by atoms with Crippen LogP contribution in [-0.4, -0.2) is 51.4 Å². The smallest absolute Gasteiger partial charge is 0.191 e. The van der Waals surface area contributed by atoms with Crippen LogP contribution in [0.25, 0.3) is 0 Å². The van der Waals surface area contributed by atoms with Gasteiger partial charge in [-0.15, -0.1) is 10.2 Å². The van der Waals surface area contributed by atoms with Gasteiger partial charge in [-0.1, -0.05) is 6.92 Å². The lowest BCUT2D eigenvalue weighted by atomic mass is 10.2. The van der Waals surface area contributed by atoms with E-state index in [1.165, 1.54) is 18.6 Å². The van der Waals surface area contributed by atoms with Crippen LogP contribution in [0.2, 0.25) is 0 Å². The number of guanidine groups is 1. The molecule has 1 fully saturated rings. The highest BCUT2D eigenvalue weighted by atomic mass is 32.2. The zero-order valence-electron chi connectivity index (χ0n) is 13.0. The molecule has 1 atom stereocenters. The first-order valence-corrected chi connectivity index (χ1v) is 8.88. The first-order chi connectivity index (χ1) is 10.3. The fourth-order valence-corrected chi connectivity index (χ4v) is 3.54. The topological polar surface area (TPSA) is 67.1 Å². The van der Waals surface area contributed by atoms with E-state index in [4.69, 9.17) is 0 Å². The first-order valence-electron chi connectivity index (χ1n) is 7.84. The summed E-state index contributed by atoms with van der Waals surface area (Å²) in [5, 5.41) is 15.4. The minimum atomic E-state index is 0.699. The van der Waals surface area contributed by atoms with Gasteiger partial charge in [0.25, 0.3) is 0 Å². The lowest BCUT2D eigenvalue weighted by Gasteiger charge is -2.13. The fourth-order valence-electron chi connectivity index (χ4n) is 2.36. The van der Waals surface area contributed by atoms with Gasteiger partial charge in [0.05, 0.1) is 6.54 Å². The van der Waals surface area contributed by atoms with Crippen LogP contribution in [0.5, 0.6) is 0 Å². The Morgan fingerprint density at radius 2 is 2.38 bits per heavy atom. The van der Waals surface area contributed by atoms with Crippen molar-refractivity contribution in [2.45, 2.75) is 44.9 Å². The highest BCUT2D eigenvalue weighted by Crippen LogP contribution is 2.25. The highest BCUT2D eigenvalue weighted by molar-refractivity contribution is 8.00. The predicted molar refractivity (Wildman–Crippen MR) is 88.9 cm³/mol. The second kappa shape index (κ2) is 8.92. The zero-order valence-corrected chi connectivity index (χ0v) is 13.8. The molecule has 0 bridgehead atoms. The van der Waals surface area contributed by atoms with E-state index in [9.17, 15) is 0 Å². The van der Waals surface area contributed by atoms with Crippen molar-refractivity contribution < 1.29 is 0 Å². The van der Waals surface area contributed by atoms with Crippen LogP contribution in [0.3, 0.4) is 0 Å². The number of aromatic nitrogens is 3. The van der Waals surface area contributed by atoms with Crippen LogP contribution < -0.4 is 10.6 Å². The van der Waals surface area contributed by atoms with Crippen molar-refractivity contribution in [2.75, 3.05) is 25.4 Å². The van der Waals surface area contributed by atoms with Crippen LogP contribution in [-0.2, 0) is 13.0 Å². The van der Waals surface area contributed by atoms with Crippen molar-refractivity contribution in [1.29, 1.82) is 0 Å². The molecule has 0 saturated carbocycles. The Morgan fingerprint density at radius 1 is 1.48 bits per heavy atom. The summed E-state index contributed by atoms with van der Waals surface area (Å²) >= 11 is 2.05. The number of hydrogen-bond donors (Lipinski definition) is 2. The Morgan fingerprint density at radius 3 is 3.10 bits per heavy atom. The van der Waals surface area contributed by atoms with Crippen molar-refractivity contribution in [1.82, 2.24) is 25.4 Å². The molecule has 1 saturated heterocycles. The van der Waals surface area contributed by atoms with E-state index in [0.717, 1.165) is 44.4 Å². The second-order valence-corrected chi connectivity index (χ2v) is 6.48. The average molecular weight is 310 g/mol. The van der Waals surface area contributed by atoms with Crippen molar-refractivity contribution in [3.63, 3.8) is 0 Å². The number of thioether (sulfide) groups is 1. The molecule has 1 aromatic rings. The Labute approximate surface area is 131 Å². The summed E-state index contributed by atoms with van der Waals surface area (Å²) in [6.45, 7) is 7.67. The Bertz CT molecular complexity index is 438. The van der Waals surface area contributed by atoms with E-state index in [0.29, 0.717) is 5.25 Å². The lowest BCUT2D eigenvalue weighted by molar-refractivity contribution is 0.632. The maximum atomic E-state index is 4.69. The van der Waals surface area contributed by atoms with E-state index < -0.39 is 0 Å². The molecule has 2 N–H and O–H groups in total. The van der Waals surface area contributed by atoms with E-state index in [1.54, 1.807) is 6.33 Å². The summed E-state index contributed by atoms with van der Waals surface area (Å²) < 4.78 is 2.09. The van der Waals surface area contributed by atoms with Gasteiger partial charge in [-0.05, 0) is 25.5 Å². The lowest BCUT2D eigenvalue weighted by Crippen LogP contribution is -2.39. The Balaban J connectivity index is 1.77. The summed E-state index contributed by atoms with van der Waals surface area (Å²) in [7, 11) is 0. The number of hydrogen-bond acceptors (Lipinski definition) is 4. The van der Waals surface area contributed by atoms with Crippen LogP contribution in [0.1, 0.15) is 32.5 Å². The fraction of sp³-hybridized carbons (Fsp3) is 0.786. The van der Waals surface area contributed by atoms with Crippen LogP contribution in [0, 0.1) is 0 Å². The molecule has 2 heterocycles. The molecule has 0 radical (unpaired) electrons. The molecule has 1 aliphatic heterocycles. The van der Waals surface area contributed by atoms with Gasteiger partial charge in [0.2, 0.25) is 0 Å². The van der Waals surface area contributed by atoms with Gasteiger partial charge in [-0.25, -0.2) is 0 Å². The third kappa shape index (κ3) is 5.22. The maximum absolute atomic E-state index is 4.69. The number of rotatable bonds is 7. The third-order valence-electron chi connectivity index (χ3n) is 3.48. The van der Waals surface area contributed by atoms with Gasteiger partial charge >= 0.3 is 0 Å². The Kier molecular flexibility index (Phi) is 6.85. The van der Waals surface area contributed by atoms with Crippen molar-refractivity contribution >= 4 is 17.7 Å². The third-order valence-corrected chi connectivity index (χ3v) is 4.86. The molecule has 0 aromatic carbocycles. The summed E-state index contributed by atoms with van der Waals surface area (Å²) in [6, 6.07) is 0. The highest BCUT2D eigenvalue weighted by Gasteiger charge is 2.14. The average Bonchev–Trinajstić information content (AvgIpc) is 3.16. The van der Waals surface area contributed by atoms with E-state index in [-0.39, 0.29) is 0 Å². The van der Waals surface area contributed by atoms with Gasteiger partial charge in [0.1, 0.15) is 12.2 Å². The van der Waals surface area contributed by atoms with Gasteiger partial charge in [-0.3, -0.25) is 4.99 Å². The molecule has 0 amide bonds. The summed E-state index contributed by atoms with van der Waals surface area (Å²) in [5.41, 5.74) is 0. The first kappa shape index (κ1) is 16.1. The number of nitrogens with zero attached hydrogens (tertiary/aromatic N) is 4. The van der Waals surface area contributed by atoms with Crippen LogP contribution in [0.4, 0.5) is 0 Å². The zero-order chi connectivity index (χ0) is 14.9. The Hall–Kier alpha value is -1.24. The summed E-state index contributed by atoms with van der Waals surface area (Å²) in [4.78, 5) is 4.69. The van der Waals surface area contributed by atoms with Gasteiger partial charge in [0.15, 0.2) is 5.96 Å². The maximum Gasteiger partial charge on any atom is 0.191 e. The molecule has 1 aromatic heterocycles. The number of aliphatic imine (C=N–C) groups is 1. The minimum Gasteiger partial charge on any atom is -0.357 e. The molecule has 7 heteroatoms. The number of nitrogens with one attached hydrogen (secondary N) is 2. The summed E-state index contributed by atoms with van der Waals surface area (Å²) in [5.74, 6) is 3.23. The standard InChI is InChI=1S/C14H26N6S/c1-3-13-19-18-11-20(13)8-7-16-14(15-4-2)17-10-12-6-5-9-21-12/h11-12H,3-10H2,1-2H3,(H2,15,16,17). The van der Waals surface area contributed by atoms with E-state index in [2.05, 4.69) is 44.2 Å². The van der Waals surface area contributed by atoms with Gasteiger partial charge in [-0.2, -0.15) is 11.8 Å². The molecular formula is C14H26N6S. The van der Waals surface area contributed by atoms with Crippen molar-refractivity contribution in [3.8, 4) is 0 Å². The summed E-state index contributed by atoms with van der Waals surface area (Å²) in [6.07, 6.45) is 5.34. The molecule has 0 spiro atoms. The molecule has 21 heavy (non-hydrogen) atoms. The SMILES string of the molecule is CCNC(=NCC1CCCS1)NCCn1cnnc1CC. The quantitative estimate of drug-likeness (QED) is 0.587. The van der Waals surface area contributed by atoms with Crippen LogP contribution in [0.15, 0.2) is 11.3 Å². The molecule has 0 aliphatic carbocycles. The molecule has 1 aliphatic rings. The largest absolute Gasteiger partial charge is 0.357 e. The molecule has 1 unspecified atom stereocenters. The van der Waals surface area contributed by atoms with Crippen molar-refractivity contribution in [2.24, 2.45) is 4.99 Å². The molecule has 6 nitrogen and oxygen atoms in total. The van der Waals surface area contributed by atoms with Gasteiger partial charge < -0.3 is 15.2 Å². The number of aryl methyl sites for hydroxylation is 1. The molecule has 2 rings (SSSR count). The van der Waals surface area contributed by atoms with Crippen LogP contribution >= 0.6 is 11.8 Å². The van der Waals surface area contributed by atoms with E-state index in [1.807, 2.05) is 11.8 Å². The van der Waals surface area contributed by atoms with E-state index >= 15 is 0 Å². The van der Waals surface area contributed by atoms with Crippen molar-refractivity contribution in [3.05, 3.63) is 12.2 Å². The minimum absolute atomic E-state index is 0.699. The monoisotopic (exact) mass is 310 g/mol.